The number of amides is 1. The van der Waals surface area contributed by atoms with Crippen LogP contribution in [0, 0.1) is 0 Å². The normalized spacial score (nSPS) is 16.1. The molecule has 1 fully saturated rings. The molecule has 3 aromatic rings. The first-order valence-electron chi connectivity index (χ1n) is 9.20. The number of rotatable bonds is 7. The Balaban J connectivity index is 1.46. The molecule has 1 amide bonds. The molecule has 0 radical (unpaired) electrons. The lowest BCUT2D eigenvalue weighted by Gasteiger charge is -2.22. The standard InChI is InChI=1S/C20H21N3O5S/c1-25-15-6-3-7-16(26-2)18(15)27-11-17(24)23-9-4-5-14(23)20-22-21-19(28-20)13-8-10-29-12-13/h3,6-8,10,12,14H,4-5,9,11H2,1-2H3. The molecule has 1 aliphatic heterocycles. The molecule has 3 heterocycles. The molecule has 0 bridgehead atoms. The monoisotopic (exact) mass is 415 g/mol. The summed E-state index contributed by atoms with van der Waals surface area (Å²) in [6.07, 6.45) is 1.64. The first kappa shape index (κ1) is 19.3. The zero-order valence-electron chi connectivity index (χ0n) is 16.2. The van der Waals surface area contributed by atoms with Crippen molar-refractivity contribution in [3.8, 4) is 28.7 Å². The Hall–Kier alpha value is -3.07. The molecule has 152 valence electrons. The van der Waals surface area contributed by atoms with Crippen LogP contribution in [0.2, 0.25) is 0 Å². The van der Waals surface area contributed by atoms with Crippen LogP contribution < -0.4 is 14.2 Å². The fourth-order valence-electron chi connectivity index (χ4n) is 3.37. The van der Waals surface area contributed by atoms with E-state index >= 15 is 0 Å². The van der Waals surface area contributed by atoms with Crippen LogP contribution >= 0.6 is 11.3 Å². The molecule has 0 aliphatic carbocycles. The summed E-state index contributed by atoms with van der Waals surface area (Å²) in [7, 11) is 3.08. The average molecular weight is 415 g/mol. The predicted octanol–water partition coefficient (Wildman–Crippen LogP) is 3.56. The van der Waals surface area contributed by atoms with Crippen LogP contribution in [0.5, 0.6) is 17.2 Å². The molecular formula is C20H21N3O5S. The van der Waals surface area contributed by atoms with Gasteiger partial charge in [0.05, 0.1) is 14.2 Å². The molecule has 1 aromatic carbocycles. The van der Waals surface area contributed by atoms with Gasteiger partial charge in [-0.3, -0.25) is 4.79 Å². The minimum atomic E-state index is -0.245. The van der Waals surface area contributed by atoms with Gasteiger partial charge in [-0.15, -0.1) is 10.2 Å². The smallest absolute Gasteiger partial charge is 0.261 e. The Morgan fingerprint density at radius 2 is 2.03 bits per heavy atom. The average Bonchev–Trinajstić information content (AvgIpc) is 3.51. The maximum atomic E-state index is 12.9. The van der Waals surface area contributed by atoms with Gasteiger partial charge in [-0.1, -0.05) is 6.07 Å². The number of para-hydroxylation sites is 1. The minimum absolute atomic E-state index is 0.140. The number of aromatic nitrogens is 2. The number of carbonyl (C=O) groups is 1. The van der Waals surface area contributed by atoms with Crippen molar-refractivity contribution < 1.29 is 23.4 Å². The van der Waals surface area contributed by atoms with Gasteiger partial charge in [-0.05, 0) is 36.4 Å². The van der Waals surface area contributed by atoms with Crippen molar-refractivity contribution in [3.05, 3.63) is 40.9 Å². The second-order valence-electron chi connectivity index (χ2n) is 6.48. The van der Waals surface area contributed by atoms with Crippen LogP contribution in [0.25, 0.3) is 11.5 Å². The van der Waals surface area contributed by atoms with Gasteiger partial charge in [0.15, 0.2) is 18.1 Å². The predicted molar refractivity (Wildman–Crippen MR) is 106 cm³/mol. The van der Waals surface area contributed by atoms with E-state index in [9.17, 15) is 4.79 Å². The quantitative estimate of drug-likeness (QED) is 0.583. The number of hydrogen-bond acceptors (Lipinski definition) is 8. The second kappa shape index (κ2) is 8.52. The molecule has 8 nitrogen and oxygen atoms in total. The van der Waals surface area contributed by atoms with Crippen LogP contribution in [0.4, 0.5) is 0 Å². The van der Waals surface area contributed by atoms with Crippen LogP contribution in [-0.2, 0) is 4.79 Å². The lowest BCUT2D eigenvalue weighted by molar-refractivity contribution is -0.134. The third-order valence-electron chi connectivity index (χ3n) is 4.79. The molecule has 9 heteroatoms. The lowest BCUT2D eigenvalue weighted by atomic mass is 10.2. The number of benzene rings is 1. The third kappa shape index (κ3) is 3.91. The maximum absolute atomic E-state index is 12.9. The highest BCUT2D eigenvalue weighted by Crippen LogP contribution is 2.37. The fourth-order valence-corrected chi connectivity index (χ4v) is 4.00. The van der Waals surface area contributed by atoms with Crippen molar-refractivity contribution in [2.45, 2.75) is 18.9 Å². The van der Waals surface area contributed by atoms with Gasteiger partial charge < -0.3 is 23.5 Å². The van der Waals surface area contributed by atoms with Gasteiger partial charge in [0.25, 0.3) is 5.91 Å². The molecule has 1 unspecified atom stereocenters. The Labute approximate surface area is 172 Å². The summed E-state index contributed by atoms with van der Waals surface area (Å²) >= 11 is 1.56. The summed E-state index contributed by atoms with van der Waals surface area (Å²) in [6, 6.07) is 6.99. The summed E-state index contributed by atoms with van der Waals surface area (Å²) < 4.78 is 22.2. The number of likely N-dealkylation sites (tertiary alicyclic amines) is 1. The third-order valence-corrected chi connectivity index (χ3v) is 5.47. The van der Waals surface area contributed by atoms with Gasteiger partial charge in [-0.2, -0.15) is 11.3 Å². The topological polar surface area (TPSA) is 86.9 Å². The Morgan fingerprint density at radius 1 is 1.24 bits per heavy atom. The highest BCUT2D eigenvalue weighted by molar-refractivity contribution is 7.08. The lowest BCUT2D eigenvalue weighted by Crippen LogP contribution is -2.34. The van der Waals surface area contributed by atoms with Crippen molar-refractivity contribution in [2.24, 2.45) is 0 Å². The molecule has 1 saturated heterocycles. The van der Waals surface area contributed by atoms with E-state index in [1.807, 2.05) is 16.8 Å². The summed E-state index contributed by atoms with van der Waals surface area (Å²) in [5, 5.41) is 12.2. The van der Waals surface area contributed by atoms with Crippen molar-refractivity contribution in [1.82, 2.24) is 15.1 Å². The van der Waals surface area contributed by atoms with E-state index < -0.39 is 0 Å². The summed E-state index contributed by atoms with van der Waals surface area (Å²) in [5.41, 5.74) is 0.885. The summed E-state index contributed by atoms with van der Waals surface area (Å²) in [6.45, 7) is 0.477. The van der Waals surface area contributed by atoms with E-state index in [-0.39, 0.29) is 18.6 Å². The minimum Gasteiger partial charge on any atom is -0.493 e. The van der Waals surface area contributed by atoms with Crippen molar-refractivity contribution >= 4 is 17.2 Å². The Bertz CT molecular complexity index is 950. The van der Waals surface area contributed by atoms with Crippen LogP contribution in [0.1, 0.15) is 24.8 Å². The molecule has 0 spiro atoms. The van der Waals surface area contributed by atoms with Gasteiger partial charge in [0.2, 0.25) is 17.5 Å². The van der Waals surface area contributed by atoms with Gasteiger partial charge in [-0.25, -0.2) is 0 Å². The van der Waals surface area contributed by atoms with E-state index in [2.05, 4.69) is 10.2 Å². The van der Waals surface area contributed by atoms with Crippen molar-refractivity contribution in [2.75, 3.05) is 27.4 Å². The molecule has 1 aliphatic rings. The molecule has 0 saturated carbocycles. The van der Waals surface area contributed by atoms with Crippen LogP contribution in [-0.4, -0.2) is 48.4 Å². The molecule has 1 atom stereocenters. The van der Waals surface area contributed by atoms with E-state index in [0.717, 1.165) is 18.4 Å². The van der Waals surface area contributed by atoms with Gasteiger partial charge in [0.1, 0.15) is 6.04 Å². The van der Waals surface area contributed by atoms with E-state index in [1.165, 1.54) is 0 Å². The van der Waals surface area contributed by atoms with E-state index in [1.54, 1.807) is 48.7 Å². The van der Waals surface area contributed by atoms with Gasteiger partial charge in [0, 0.05) is 17.5 Å². The van der Waals surface area contributed by atoms with Crippen LogP contribution in [0.15, 0.2) is 39.4 Å². The molecule has 2 aromatic heterocycles. The molecule has 29 heavy (non-hydrogen) atoms. The SMILES string of the molecule is COc1cccc(OC)c1OCC(=O)N1CCCC1c1nnc(-c2ccsc2)o1. The largest absolute Gasteiger partial charge is 0.493 e. The highest BCUT2D eigenvalue weighted by atomic mass is 32.1. The zero-order valence-corrected chi connectivity index (χ0v) is 17.0. The summed E-state index contributed by atoms with van der Waals surface area (Å²) in [5.74, 6) is 2.18. The number of methoxy groups -OCH3 is 2. The number of hydrogen-bond donors (Lipinski definition) is 0. The number of thiophene rings is 1. The number of ether oxygens (including phenoxy) is 3. The highest BCUT2D eigenvalue weighted by Gasteiger charge is 2.34. The van der Waals surface area contributed by atoms with Crippen LogP contribution in [0.3, 0.4) is 0 Å². The van der Waals surface area contributed by atoms with Crippen molar-refractivity contribution in [3.63, 3.8) is 0 Å². The van der Waals surface area contributed by atoms with E-state index in [0.29, 0.717) is 35.6 Å². The first-order valence-corrected chi connectivity index (χ1v) is 10.1. The molecule has 4 rings (SSSR count). The number of carbonyl (C=O) groups excluding carboxylic acids is 1. The maximum Gasteiger partial charge on any atom is 0.261 e. The number of nitrogens with zero attached hydrogens (tertiary/aromatic N) is 3. The molecular weight excluding hydrogens is 394 g/mol. The fraction of sp³-hybridized carbons (Fsp3) is 0.350. The van der Waals surface area contributed by atoms with Crippen molar-refractivity contribution in [1.29, 1.82) is 0 Å². The summed E-state index contributed by atoms with van der Waals surface area (Å²) in [4.78, 5) is 14.6. The first-order chi connectivity index (χ1) is 14.2. The zero-order chi connectivity index (χ0) is 20.2. The Morgan fingerprint density at radius 3 is 2.72 bits per heavy atom. The second-order valence-corrected chi connectivity index (χ2v) is 7.26. The van der Waals surface area contributed by atoms with E-state index in [4.69, 9.17) is 18.6 Å². The van der Waals surface area contributed by atoms with Gasteiger partial charge >= 0.3 is 0 Å². The molecule has 0 N–H and O–H groups in total. The Kier molecular flexibility index (Phi) is 5.66.